The SMILES string of the molecule is O=C([C@H]1CCCOC1)N1CCC(CCN2CCOCC2)CC1. The molecule has 0 aromatic heterocycles. The molecule has 5 heteroatoms. The molecule has 3 aliphatic heterocycles. The molecule has 3 fully saturated rings. The predicted molar refractivity (Wildman–Crippen MR) is 84.7 cm³/mol. The zero-order chi connectivity index (χ0) is 15.2. The monoisotopic (exact) mass is 310 g/mol. The van der Waals surface area contributed by atoms with Gasteiger partial charge in [0.15, 0.2) is 0 Å². The van der Waals surface area contributed by atoms with Crippen LogP contribution in [0.15, 0.2) is 0 Å². The molecule has 3 rings (SSSR count). The molecule has 5 nitrogen and oxygen atoms in total. The number of piperidine rings is 1. The van der Waals surface area contributed by atoms with Crippen LogP contribution < -0.4 is 0 Å². The van der Waals surface area contributed by atoms with Crippen LogP contribution in [0.3, 0.4) is 0 Å². The average Bonchev–Trinajstić information content (AvgIpc) is 2.61. The Labute approximate surface area is 133 Å². The third-order valence-electron chi connectivity index (χ3n) is 5.39. The van der Waals surface area contributed by atoms with E-state index in [2.05, 4.69) is 9.80 Å². The number of morpholine rings is 1. The molecule has 0 aliphatic carbocycles. The Balaban J connectivity index is 1.35. The second-order valence-corrected chi connectivity index (χ2v) is 6.93. The maximum Gasteiger partial charge on any atom is 0.228 e. The molecule has 22 heavy (non-hydrogen) atoms. The normalized spacial score (nSPS) is 28.7. The Hall–Kier alpha value is -0.650. The highest BCUT2D eigenvalue weighted by atomic mass is 16.5. The smallest absolute Gasteiger partial charge is 0.228 e. The Morgan fingerprint density at radius 2 is 1.73 bits per heavy atom. The summed E-state index contributed by atoms with van der Waals surface area (Å²) >= 11 is 0. The van der Waals surface area contributed by atoms with E-state index in [0.29, 0.717) is 12.5 Å². The van der Waals surface area contributed by atoms with Crippen molar-refractivity contribution < 1.29 is 14.3 Å². The topological polar surface area (TPSA) is 42.0 Å². The van der Waals surface area contributed by atoms with Crippen LogP contribution in [-0.2, 0) is 14.3 Å². The van der Waals surface area contributed by atoms with E-state index < -0.39 is 0 Å². The fourth-order valence-electron chi connectivity index (χ4n) is 3.83. The van der Waals surface area contributed by atoms with Gasteiger partial charge in [0.2, 0.25) is 5.91 Å². The fourth-order valence-corrected chi connectivity index (χ4v) is 3.83. The first-order valence-electron chi connectivity index (χ1n) is 8.99. The summed E-state index contributed by atoms with van der Waals surface area (Å²) in [5, 5.41) is 0. The zero-order valence-electron chi connectivity index (χ0n) is 13.7. The summed E-state index contributed by atoms with van der Waals surface area (Å²) in [6, 6.07) is 0. The summed E-state index contributed by atoms with van der Waals surface area (Å²) in [5.74, 6) is 1.25. The van der Waals surface area contributed by atoms with E-state index >= 15 is 0 Å². The standard InChI is InChI=1S/C17H30N2O3/c20-17(16-2-1-11-22-14-16)19-7-4-15(5-8-19)3-6-18-9-12-21-13-10-18/h15-16H,1-14H2/t16-/m0/s1. The number of carbonyl (C=O) groups is 1. The molecule has 0 aromatic rings. The van der Waals surface area contributed by atoms with E-state index in [1.54, 1.807) is 0 Å². The molecule has 1 amide bonds. The van der Waals surface area contributed by atoms with E-state index in [4.69, 9.17) is 9.47 Å². The minimum Gasteiger partial charge on any atom is -0.381 e. The molecule has 0 radical (unpaired) electrons. The molecule has 0 bridgehead atoms. The van der Waals surface area contributed by atoms with Crippen molar-refractivity contribution in [2.75, 3.05) is 59.2 Å². The summed E-state index contributed by atoms with van der Waals surface area (Å²) in [4.78, 5) is 17.1. The van der Waals surface area contributed by atoms with Crippen molar-refractivity contribution in [3.63, 3.8) is 0 Å². The second kappa shape index (κ2) is 8.27. The first-order valence-corrected chi connectivity index (χ1v) is 8.99. The van der Waals surface area contributed by atoms with Gasteiger partial charge in [0, 0.05) is 32.8 Å². The van der Waals surface area contributed by atoms with Gasteiger partial charge in [-0.2, -0.15) is 0 Å². The van der Waals surface area contributed by atoms with Gasteiger partial charge in [0.1, 0.15) is 0 Å². The highest BCUT2D eigenvalue weighted by Crippen LogP contribution is 2.24. The van der Waals surface area contributed by atoms with Crippen molar-refractivity contribution >= 4 is 5.91 Å². The van der Waals surface area contributed by atoms with Gasteiger partial charge in [-0.15, -0.1) is 0 Å². The van der Waals surface area contributed by atoms with Gasteiger partial charge in [-0.25, -0.2) is 0 Å². The number of likely N-dealkylation sites (tertiary alicyclic amines) is 1. The molecule has 126 valence electrons. The highest BCUT2D eigenvalue weighted by Gasteiger charge is 2.29. The van der Waals surface area contributed by atoms with Crippen molar-refractivity contribution in [1.29, 1.82) is 0 Å². The molecular formula is C17H30N2O3. The third kappa shape index (κ3) is 4.43. The Kier molecular flexibility index (Phi) is 6.10. The molecule has 3 heterocycles. The number of ether oxygens (including phenoxy) is 2. The third-order valence-corrected chi connectivity index (χ3v) is 5.39. The molecule has 0 spiro atoms. The molecule has 0 N–H and O–H groups in total. The van der Waals surface area contributed by atoms with Crippen molar-refractivity contribution in [2.24, 2.45) is 11.8 Å². The molecule has 0 aromatic carbocycles. The number of carbonyl (C=O) groups excluding carboxylic acids is 1. The second-order valence-electron chi connectivity index (χ2n) is 6.93. The van der Waals surface area contributed by atoms with Crippen LogP contribution in [0.5, 0.6) is 0 Å². The summed E-state index contributed by atoms with van der Waals surface area (Å²) in [5.41, 5.74) is 0. The molecule has 3 aliphatic rings. The summed E-state index contributed by atoms with van der Waals surface area (Å²) in [6.07, 6.45) is 5.66. The first kappa shape index (κ1) is 16.2. The number of hydrogen-bond acceptors (Lipinski definition) is 4. The number of hydrogen-bond donors (Lipinski definition) is 0. The maximum absolute atomic E-state index is 12.5. The summed E-state index contributed by atoms with van der Waals surface area (Å²) in [7, 11) is 0. The van der Waals surface area contributed by atoms with E-state index in [-0.39, 0.29) is 5.92 Å². The zero-order valence-corrected chi connectivity index (χ0v) is 13.7. The van der Waals surface area contributed by atoms with Gasteiger partial charge >= 0.3 is 0 Å². The van der Waals surface area contributed by atoms with Crippen molar-refractivity contribution in [3.8, 4) is 0 Å². The first-order chi connectivity index (χ1) is 10.8. The fraction of sp³-hybridized carbons (Fsp3) is 0.941. The summed E-state index contributed by atoms with van der Waals surface area (Å²) in [6.45, 7) is 8.48. The number of nitrogens with zero attached hydrogens (tertiary/aromatic N) is 2. The Bertz CT molecular complexity index is 344. The van der Waals surface area contributed by atoms with Gasteiger partial charge in [-0.3, -0.25) is 9.69 Å². The molecule has 0 saturated carbocycles. The van der Waals surface area contributed by atoms with Crippen LogP contribution >= 0.6 is 0 Å². The van der Waals surface area contributed by atoms with Crippen molar-refractivity contribution in [2.45, 2.75) is 32.1 Å². The number of rotatable bonds is 4. The lowest BCUT2D eigenvalue weighted by atomic mass is 9.91. The van der Waals surface area contributed by atoms with Crippen LogP contribution in [0.2, 0.25) is 0 Å². The van der Waals surface area contributed by atoms with E-state index in [0.717, 1.165) is 64.8 Å². The largest absolute Gasteiger partial charge is 0.381 e. The summed E-state index contributed by atoms with van der Waals surface area (Å²) < 4.78 is 10.9. The van der Waals surface area contributed by atoms with E-state index in [1.807, 2.05) is 0 Å². The van der Waals surface area contributed by atoms with Crippen LogP contribution in [0, 0.1) is 11.8 Å². The lowest BCUT2D eigenvalue weighted by Gasteiger charge is -2.36. The Morgan fingerprint density at radius 3 is 2.41 bits per heavy atom. The lowest BCUT2D eigenvalue weighted by molar-refractivity contribution is -0.141. The van der Waals surface area contributed by atoms with Gasteiger partial charge in [-0.05, 0) is 44.6 Å². The highest BCUT2D eigenvalue weighted by molar-refractivity contribution is 5.79. The van der Waals surface area contributed by atoms with Crippen molar-refractivity contribution in [1.82, 2.24) is 9.80 Å². The van der Waals surface area contributed by atoms with Crippen LogP contribution in [0.1, 0.15) is 32.1 Å². The number of amides is 1. The van der Waals surface area contributed by atoms with Gasteiger partial charge in [0.25, 0.3) is 0 Å². The maximum atomic E-state index is 12.5. The van der Waals surface area contributed by atoms with E-state index in [1.165, 1.54) is 25.8 Å². The molecule has 3 saturated heterocycles. The lowest BCUT2D eigenvalue weighted by Crippen LogP contribution is -2.44. The molecule has 0 unspecified atom stereocenters. The average molecular weight is 310 g/mol. The van der Waals surface area contributed by atoms with Gasteiger partial charge in [0.05, 0.1) is 25.7 Å². The van der Waals surface area contributed by atoms with Crippen molar-refractivity contribution in [3.05, 3.63) is 0 Å². The van der Waals surface area contributed by atoms with Crippen LogP contribution in [0.25, 0.3) is 0 Å². The van der Waals surface area contributed by atoms with E-state index in [9.17, 15) is 4.79 Å². The predicted octanol–water partition coefficient (Wildman–Crippen LogP) is 1.37. The molecule has 1 atom stereocenters. The quantitative estimate of drug-likeness (QED) is 0.786. The minimum absolute atomic E-state index is 0.124. The molecular weight excluding hydrogens is 280 g/mol. The minimum atomic E-state index is 0.124. The Morgan fingerprint density at radius 1 is 0.955 bits per heavy atom. The van der Waals surface area contributed by atoms with Gasteiger partial charge < -0.3 is 14.4 Å². The van der Waals surface area contributed by atoms with Crippen LogP contribution in [0.4, 0.5) is 0 Å². The van der Waals surface area contributed by atoms with Gasteiger partial charge in [-0.1, -0.05) is 0 Å². The van der Waals surface area contributed by atoms with Crippen LogP contribution in [-0.4, -0.2) is 74.9 Å².